The molecule has 1 saturated carbocycles. The highest BCUT2D eigenvalue weighted by Gasteiger charge is 2.40. The average molecular weight is 277 g/mol. The molecule has 0 bridgehead atoms. The van der Waals surface area contributed by atoms with Gasteiger partial charge in [0.25, 0.3) is 0 Å². The summed E-state index contributed by atoms with van der Waals surface area (Å²) < 4.78 is 5.16. The van der Waals surface area contributed by atoms with Crippen molar-refractivity contribution in [1.29, 1.82) is 0 Å². The van der Waals surface area contributed by atoms with E-state index in [9.17, 15) is 4.79 Å². The number of aromatic nitrogens is 1. The largest absolute Gasteiger partial charge is 0.480 e. The molecule has 1 aromatic rings. The van der Waals surface area contributed by atoms with E-state index in [2.05, 4.69) is 17.2 Å². The van der Waals surface area contributed by atoms with E-state index in [-0.39, 0.29) is 5.91 Å². The van der Waals surface area contributed by atoms with Crippen LogP contribution in [0, 0.1) is 11.3 Å². The fraction of sp³-hybridized carbons (Fsp3) is 0.600. The Kier molecular flexibility index (Phi) is 4.60. The molecule has 1 aliphatic rings. The third-order valence-corrected chi connectivity index (χ3v) is 4.32. The molecule has 0 aromatic carbocycles. The molecule has 0 atom stereocenters. The Balaban J connectivity index is 2.13. The summed E-state index contributed by atoms with van der Waals surface area (Å²) in [6.07, 6.45) is 5.43. The van der Waals surface area contributed by atoms with E-state index in [0.29, 0.717) is 24.0 Å². The minimum Gasteiger partial charge on any atom is -0.480 e. The number of methoxy groups -OCH3 is 1. The highest BCUT2D eigenvalue weighted by Crippen LogP contribution is 2.39. The quantitative estimate of drug-likeness (QED) is 0.884. The first-order valence-corrected chi connectivity index (χ1v) is 7.12. The summed E-state index contributed by atoms with van der Waals surface area (Å²) in [4.78, 5) is 16.7. The minimum atomic E-state index is -0.451. The van der Waals surface area contributed by atoms with Gasteiger partial charge in [-0.3, -0.25) is 4.79 Å². The Morgan fingerprint density at radius 3 is 2.85 bits per heavy atom. The van der Waals surface area contributed by atoms with Gasteiger partial charge >= 0.3 is 0 Å². The maximum atomic E-state index is 12.6. The van der Waals surface area contributed by atoms with Crippen molar-refractivity contribution in [2.75, 3.05) is 19.0 Å². The molecule has 0 unspecified atom stereocenters. The van der Waals surface area contributed by atoms with Crippen molar-refractivity contribution < 1.29 is 9.53 Å². The molecule has 1 amide bonds. The molecule has 3 N–H and O–H groups in total. The second kappa shape index (κ2) is 6.22. The van der Waals surface area contributed by atoms with Crippen LogP contribution >= 0.6 is 0 Å². The highest BCUT2D eigenvalue weighted by atomic mass is 16.5. The van der Waals surface area contributed by atoms with Gasteiger partial charge in [-0.05, 0) is 43.7 Å². The van der Waals surface area contributed by atoms with Gasteiger partial charge in [-0.1, -0.05) is 6.92 Å². The summed E-state index contributed by atoms with van der Waals surface area (Å²) in [5.41, 5.74) is 6.05. The number of pyridine rings is 1. The maximum Gasteiger partial charge on any atom is 0.237 e. The molecule has 0 spiro atoms. The molecular formula is C15H23N3O2. The van der Waals surface area contributed by atoms with Crippen molar-refractivity contribution in [3.63, 3.8) is 0 Å². The van der Waals surface area contributed by atoms with Crippen LogP contribution in [-0.4, -0.2) is 24.5 Å². The van der Waals surface area contributed by atoms with Crippen LogP contribution < -0.4 is 15.8 Å². The molecule has 110 valence electrons. The number of nitrogens with two attached hydrogens (primary N) is 1. The topological polar surface area (TPSA) is 77.2 Å². The second-order valence-corrected chi connectivity index (χ2v) is 5.68. The van der Waals surface area contributed by atoms with Crippen LogP contribution in [0.2, 0.25) is 0 Å². The van der Waals surface area contributed by atoms with Gasteiger partial charge < -0.3 is 15.8 Å². The van der Waals surface area contributed by atoms with Crippen LogP contribution in [0.15, 0.2) is 18.3 Å². The summed E-state index contributed by atoms with van der Waals surface area (Å²) in [7, 11) is 1.54. The molecule has 1 fully saturated rings. The van der Waals surface area contributed by atoms with Crippen LogP contribution in [0.5, 0.6) is 5.88 Å². The van der Waals surface area contributed by atoms with Crippen LogP contribution in [0.4, 0.5) is 5.69 Å². The molecule has 0 aliphatic heterocycles. The van der Waals surface area contributed by atoms with Crippen molar-refractivity contribution in [2.45, 2.75) is 32.6 Å². The lowest BCUT2D eigenvalue weighted by atomic mass is 9.70. The molecule has 5 heteroatoms. The van der Waals surface area contributed by atoms with Gasteiger partial charge in [0.1, 0.15) is 5.69 Å². The van der Waals surface area contributed by atoms with Crippen LogP contribution in [-0.2, 0) is 4.79 Å². The standard InChI is InChI=1S/C15H23N3O2/c1-11-5-7-15(10-16,8-6-11)14(19)18-12-4-3-9-17-13(12)20-2/h3-4,9,11H,5-8,10,16H2,1-2H3,(H,18,19). The normalized spacial score (nSPS) is 26.1. The smallest absolute Gasteiger partial charge is 0.237 e. The first kappa shape index (κ1) is 14.8. The van der Waals surface area contributed by atoms with E-state index in [4.69, 9.17) is 10.5 Å². The van der Waals surface area contributed by atoms with Gasteiger partial charge in [-0.2, -0.15) is 0 Å². The zero-order valence-electron chi connectivity index (χ0n) is 12.2. The molecule has 1 aliphatic carbocycles. The molecule has 20 heavy (non-hydrogen) atoms. The van der Waals surface area contributed by atoms with E-state index in [1.807, 2.05) is 0 Å². The third kappa shape index (κ3) is 2.93. The second-order valence-electron chi connectivity index (χ2n) is 5.68. The van der Waals surface area contributed by atoms with Gasteiger partial charge in [0.15, 0.2) is 0 Å². The summed E-state index contributed by atoms with van der Waals surface area (Å²) in [5.74, 6) is 1.09. The van der Waals surface area contributed by atoms with E-state index >= 15 is 0 Å². The SMILES string of the molecule is COc1ncccc1NC(=O)C1(CN)CCC(C)CC1. The van der Waals surface area contributed by atoms with Crippen LogP contribution in [0.3, 0.4) is 0 Å². The number of amides is 1. The lowest BCUT2D eigenvalue weighted by molar-refractivity contribution is -0.127. The fourth-order valence-corrected chi connectivity index (χ4v) is 2.74. The number of ether oxygens (including phenoxy) is 1. The summed E-state index contributed by atoms with van der Waals surface area (Å²) in [6.45, 7) is 2.61. The van der Waals surface area contributed by atoms with Gasteiger partial charge in [0, 0.05) is 12.7 Å². The minimum absolute atomic E-state index is 0.0156. The van der Waals surface area contributed by atoms with E-state index < -0.39 is 5.41 Å². The molecule has 1 aromatic heterocycles. The zero-order valence-corrected chi connectivity index (χ0v) is 12.2. The summed E-state index contributed by atoms with van der Waals surface area (Å²) in [6, 6.07) is 3.57. The summed E-state index contributed by atoms with van der Waals surface area (Å²) in [5, 5.41) is 2.93. The Morgan fingerprint density at radius 1 is 1.55 bits per heavy atom. The van der Waals surface area contributed by atoms with E-state index in [1.165, 1.54) is 0 Å². The Labute approximate surface area is 119 Å². The average Bonchev–Trinajstić information content (AvgIpc) is 2.49. The maximum absolute atomic E-state index is 12.6. The van der Waals surface area contributed by atoms with Gasteiger partial charge in [0.2, 0.25) is 11.8 Å². The number of carbonyl (C=O) groups is 1. The van der Waals surface area contributed by atoms with Crippen molar-refractivity contribution in [2.24, 2.45) is 17.1 Å². The van der Waals surface area contributed by atoms with Crippen molar-refractivity contribution in [3.05, 3.63) is 18.3 Å². The molecule has 0 radical (unpaired) electrons. The van der Waals surface area contributed by atoms with Crippen LogP contribution in [0.1, 0.15) is 32.6 Å². The van der Waals surface area contributed by atoms with Crippen molar-refractivity contribution in [3.8, 4) is 5.88 Å². The first-order valence-electron chi connectivity index (χ1n) is 7.12. The van der Waals surface area contributed by atoms with Crippen molar-refractivity contribution >= 4 is 11.6 Å². The van der Waals surface area contributed by atoms with Crippen LogP contribution in [0.25, 0.3) is 0 Å². The number of carbonyl (C=O) groups excluding carboxylic acids is 1. The number of rotatable bonds is 4. The molecular weight excluding hydrogens is 254 g/mol. The Bertz CT molecular complexity index is 468. The fourth-order valence-electron chi connectivity index (χ4n) is 2.74. The molecule has 1 heterocycles. The lowest BCUT2D eigenvalue weighted by Crippen LogP contribution is -2.44. The van der Waals surface area contributed by atoms with E-state index in [0.717, 1.165) is 25.7 Å². The first-order chi connectivity index (χ1) is 9.61. The monoisotopic (exact) mass is 277 g/mol. The predicted octanol–water partition coefficient (Wildman–Crippen LogP) is 2.18. The number of hydrogen-bond donors (Lipinski definition) is 2. The Morgan fingerprint density at radius 2 is 2.25 bits per heavy atom. The molecule has 2 rings (SSSR count). The van der Waals surface area contributed by atoms with Gasteiger partial charge in [-0.25, -0.2) is 4.98 Å². The van der Waals surface area contributed by atoms with Gasteiger partial charge in [-0.15, -0.1) is 0 Å². The summed E-state index contributed by atoms with van der Waals surface area (Å²) >= 11 is 0. The number of nitrogens with zero attached hydrogens (tertiary/aromatic N) is 1. The Hall–Kier alpha value is -1.62. The predicted molar refractivity (Wildman–Crippen MR) is 78.5 cm³/mol. The zero-order chi connectivity index (χ0) is 14.6. The number of hydrogen-bond acceptors (Lipinski definition) is 4. The number of anilines is 1. The van der Waals surface area contributed by atoms with Crippen molar-refractivity contribution in [1.82, 2.24) is 4.98 Å². The van der Waals surface area contributed by atoms with E-state index in [1.54, 1.807) is 25.4 Å². The highest BCUT2D eigenvalue weighted by molar-refractivity contribution is 5.96. The number of nitrogens with one attached hydrogen (secondary N) is 1. The molecule has 0 saturated heterocycles. The molecule has 5 nitrogen and oxygen atoms in total. The van der Waals surface area contributed by atoms with Gasteiger partial charge in [0.05, 0.1) is 12.5 Å². The lowest BCUT2D eigenvalue weighted by Gasteiger charge is -2.37. The third-order valence-electron chi connectivity index (χ3n) is 4.32.